The van der Waals surface area contributed by atoms with Gasteiger partial charge in [-0.3, -0.25) is 4.79 Å². The normalized spacial score (nSPS) is 15.9. The van der Waals surface area contributed by atoms with Crippen LogP contribution >= 0.6 is 0 Å². The minimum atomic E-state index is -0.272. The smallest absolute Gasteiger partial charge is 0.263 e. The second-order valence-electron chi connectivity index (χ2n) is 5.84. The number of hydrogen-bond acceptors (Lipinski definition) is 3. The molecule has 1 saturated carbocycles. The van der Waals surface area contributed by atoms with Crippen LogP contribution in [0, 0.1) is 18.3 Å². The van der Waals surface area contributed by atoms with E-state index in [0.29, 0.717) is 6.54 Å². The number of nitrogens with one attached hydrogen (secondary N) is 2. The van der Waals surface area contributed by atoms with Crippen molar-refractivity contribution in [3.8, 4) is 6.07 Å². The fourth-order valence-corrected chi connectivity index (χ4v) is 2.64. The Kier molecular flexibility index (Phi) is 6.02. The van der Waals surface area contributed by atoms with Crippen molar-refractivity contribution in [1.82, 2.24) is 10.6 Å². The Morgan fingerprint density at radius 1 is 1.27 bits per heavy atom. The third-order valence-electron chi connectivity index (χ3n) is 3.98. The lowest BCUT2D eigenvalue weighted by atomic mass is 9.95. The first-order valence-electron chi connectivity index (χ1n) is 7.89. The molecule has 4 heteroatoms. The lowest BCUT2D eigenvalue weighted by molar-refractivity contribution is -0.118. The third-order valence-corrected chi connectivity index (χ3v) is 3.98. The predicted octanol–water partition coefficient (Wildman–Crippen LogP) is 2.94. The molecule has 1 aliphatic rings. The van der Waals surface area contributed by atoms with Gasteiger partial charge in [0.2, 0.25) is 0 Å². The van der Waals surface area contributed by atoms with E-state index >= 15 is 0 Å². The number of carbonyl (C=O) groups excluding carboxylic acids is 1. The Morgan fingerprint density at radius 2 is 1.95 bits per heavy atom. The van der Waals surface area contributed by atoms with Crippen LogP contribution in [0.5, 0.6) is 0 Å². The molecule has 116 valence electrons. The molecule has 0 radical (unpaired) electrons. The molecule has 0 unspecified atom stereocenters. The van der Waals surface area contributed by atoms with E-state index in [0.717, 1.165) is 31.2 Å². The fraction of sp³-hybridized carbons (Fsp3) is 0.444. The molecule has 1 aliphatic carbocycles. The average molecular weight is 297 g/mol. The lowest BCUT2D eigenvalue weighted by Crippen LogP contribution is -2.37. The summed E-state index contributed by atoms with van der Waals surface area (Å²) in [6, 6.07) is 10.3. The molecule has 0 aliphatic heterocycles. The molecule has 1 aromatic rings. The van der Waals surface area contributed by atoms with Crippen molar-refractivity contribution < 1.29 is 4.79 Å². The Balaban J connectivity index is 1.85. The quantitative estimate of drug-likeness (QED) is 0.648. The monoisotopic (exact) mass is 297 g/mol. The van der Waals surface area contributed by atoms with Crippen molar-refractivity contribution in [1.29, 1.82) is 5.26 Å². The van der Waals surface area contributed by atoms with Crippen molar-refractivity contribution in [2.24, 2.45) is 0 Å². The summed E-state index contributed by atoms with van der Waals surface area (Å²) in [6.07, 6.45) is 7.09. The number of benzene rings is 1. The van der Waals surface area contributed by atoms with E-state index in [4.69, 9.17) is 5.26 Å². The minimum absolute atomic E-state index is 0.137. The van der Waals surface area contributed by atoms with E-state index in [1.165, 1.54) is 18.2 Å². The molecular weight excluding hydrogens is 274 g/mol. The van der Waals surface area contributed by atoms with E-state index < -0.39 is 0 Å². The first-order chi connectivity index (χ1) is 10.7. The molecule has 22 heavy (non-hydrogen) atoms. The highest BCUT2D eigenvalue weighted by atomic mass is 16.1. The molecule has 2 rings (SSSR count). The molecule has 0 saturated heterocycles. The van der Waals surface area contributed by atoms with Crippen molar-refractivity contribution in [2.45, 2.75) is 51.6 Å². The van der Waals surface area contributed by atoms with Gasteiger partial charge in [0, 0.05) is 18.8 Å². The molecule has 0 bridgehead atoms. The molecule has 4 nitrogen and oxygen atoms in total. The molecule has 0 atom stereocenters. The van der Waals surface area contributed by atoms with E-state index in [2.05, 4.69) is 10.6 Å². The maximum absolute atomic E-state index is 12.1. The molecule has 0 heterocycles. The zero-order valence-corrected chi connectivity index (χ0v) is 13.1. The molecular formula is C18H23N3O. The highest BCUT2D eigenvalue weighted by Crippen LogP contribution is 2.17. The molecule has 1 amide bonds. The zero-order chi connectivity index (χ0) is 15.8. The highest BCUT2D eigenvalue weighted by Gasteiger charge is 2.17. The second-order valence-corrected chi connectivity index (χ2v) is 5.84. The topological polar surface area (TPSA) is 64.9 Å². The van der Waals surface area contributed by atoms with Crippen LogP contribution in [0.4, 0.5) is 0 Å². The fourth-order valence-electron chi connectivity index (χ4n) is 2.64. The van der Waals surface area contributed by atoms with Gasteiger partial charge in [-0.15, -0.1) is 0 Å². The maximum atomic E-state index is 12.1. The summed E-state index contributed by atoms with van der Waals surface area (Å²) >= 11 is 0. The van der Waals surface area contributed by atoms with Gasteiger partial charge in [-0.1, -0.05) is 49.1 Å². The molecule has 0 spiro atoms. The summed E-state index contributed by atoms with van der Waals surface area (Å²) in [7, 11) is 0. The summed E-state index contributed by atoms with van der Waals surface area (Å²) in [5.41, 5.74) is 2.47. The van der Waals surface area contributed by atoms with Gasteiger partial charge in [0.05, 0.1) is 0 Å². The number of carbonyl (C=O) groups is 1. The van der Waals surface area contributed by atoms with Crippen LogP contribution in [0.2, 0.25) is 0 Å². The molecule has 1 aromatic carbocycles. The molecule has 2 N–H and O–H groups in total. The van der Waals surface area contributed by atoms with Gasteiger partial charge in [0.15, 0.2) is 0 Å². The van der Waals surface area contributed by atoms with E-state index in [9.17, 15) is 4.79 Å². The van der Waals surface area contributed by atoms with Gasteiger partial charge >= 0.3 is 0 Å². The lowest BCUT2D eigenvalue weighted by Gasteiger charge is -2.22. The predicted molar refractivity (Wildman–Crippen MR) is 86.7 cm³/mol. The van der Waals surface area contributed by atoms with Crippen LogP contribution < -0.4 is 10.6 Å². The third kappa shape index (κ3) is 4.92. The number of hydrogen-bond donors (Lipinski definition) is 2. The largest absolute Gasteiger partial charge is 0.386 e. The van der Waals surface area contributed by atoms with Crippen LogP contribution in [0.25, 0.3) is 0 Å². The highest BCUT2D eigenvalue weighted by molar-refractivity contribution is 5.97. The van der Waals surface area contributed by atoms with Crippen LogP contribution in [-0.4, -0.2) is 11.9 Å². The first-order valence-corrected chi connectivity index (χ1v) is 7.89. The Morgan fingerprint density at radius 3 is 2.59 bits per heavy atom. The average Bonchev–Trinajstić information content (AvgIpc) is 2.54. The number of rotatable bonds is 5. The van der Waals surface area contributed by atoms with Gasteiger partial charge in [0.25, 0.3) is 5.91 Å². The Hall–Kier alpha value is -2.28. The van der Waals surface area contributed by atoms with Gasteiger partial charge in [-0.05, 0) is 25.3 Å². The van der Waals surface area contributed by atoms with Crippen molar-refractivity contribution >= 4 is 5.91 Å². The first kappa shape index (κ1) is 16.1. The van der Waals surface area contributed by atoms with E-state index in [-0.39, 0.29) is 17.5 Å². The SMILES string of the molecule is Cc1ccc(CN/C=C(/C#N)C(=O)NC2CCCCC2)cc1. The zero-order valence-electron chi connectivity index (χ0n) is 13.1. The number of amides is 1. The minimum Gasteiger partial charge on any atom is -0.386 e. The van der Waals surface area contributed by atoms with Crippen LogP contribution in [-0.2, 0) is 11.3 Å². The van der Waals surface area contributed by atoms with Gasteiger partial charge in [0.1, 0.15) is 11.6 Å². The van der Waals surface area contributed by atoms with E-state index in [1.54, 1.807) is 0 Å². The van der Waals surface area contributed by atoms with Gasteiger partial charge in [-0.2, -0.15) is 5.26 Å². The van der Waals surface area contributed by atoms with Crippen molar-refractivity contribution in [2.75, 3.05) is 0 Å². The van der Waals surface area contributed by atoms with E-state index in [1.807, 2.05) is 37.3 Å². The van der Waals surface area contributed by atoms with Crippen LogP contribution in [0.15, 0.2) is 36.0 Å². The number of nitrogens with zero attached hydrogens (tertiary/aromatic N) is 1. The number of nitriles is 1. The van der Waals surface area contributed by atoms with Gasteiger partial charge < -0.3 is 10.6 Å². The Labute approximate surface area is 132 Å². The molecule has 0 aromatic heterocycles. The number of aryl methyl sites for hydroxylation is 1. The molecule has 1 fully saturated rings. The van der Waals surface area contributed by atoms with Crippen molar-refractivity contribution in [3.63, 3.8) is 0 Å². The van der Waals surface area contributed by atoms with Crippen LogP contribution in [0.3, 0.4) is 0 Å². The standard InChI is InChI=1S/C18H23N3O/c1-14-7-9-15(10-8-14)12-20-13-16(11-19)18(22)21-17-5-3-2-4-6-17/h7-10,13,17,20H,2-6,12H2,1H3,(H,21,22)/b16-13-. The summed E-state index contributed by atoms with van der Waals surface area (Å²) in [5, 5.41) is 15.1. The maximum Gasteiger partial charge on any atom is 0.263 e. The van der Waals surface area contributed by atoms with Crippen molar-refractivity contribution in [3.05, 3.63) is 47.2 Å². The van der Waals surface area contributed by atoms with Gasteiger partial charge in [-0.25, -0.2) is 0 Å². The second kappa shape index (κ2) is 8.23. The Bertz CT molecular complexity index is 563. The summed E-state index contributed by atoms with van der Waals surface area (Å²) in [6.45, 7) is 2.64. The summed E-state index contributed by atoms with van der Waals surface area (Å²) in [5.74, 6) is -0.272. The summed E-state index contributed by atoms with van der Waals surface area (Å²) < 4.78 is 0. The summed E-state index contributed by atoms with van der Waals surface area (Å²) in [4.78, 5) is 12.1. The van der Waals surface area contributed by atoms with Crippen LogP contribution in [0.1, 0.15) is 43.2 Å².